The van der Waals surface area contributed by atoms with Crippen molar-refractivity contribution in [2.24, 2.45) is 0 Å². The molecule has 0 bridgehead atoms. The molecular weight excluding hydrogens is 286 g/mol. The van der Waals surface area contributed by atoms with E-state index in [9.17, 15) is 9.59 Å². The fourth-order valence-corrected chi connectivity index (χ4v) is 1.72. The van der Waals surface area contributed by atoms with Gasteiger partial charge < -0.3 is 9.64 Å². The normalized spacial score (nSPS) is 11.8. The van der Waals surface area contributed by atoms with Crippen LogP contribution in [0.15, 0.2) is 28.7 Å². The highest BCUT2D eigenvalue weighted by Crippen LogP contribution is 2.22. The van der Waals surface area contributed by atoms with E-state index >= 15 is 0 Å². The Bertz CT molecular complexity index is 416. The number of halogens is 1. The Hall–Kier alpha value is -1.36. The highest BCUT2D eigenvalue weighted by Gasteiger charge is 2.27. The molecule has 1 aromatic rings. The minimum absolute atomic E-state index is 0.191. The van der Waals surface area contributed by atoms with Crippen LogP contribution in [0.25, 0.3) is 0 Å². The molecule has 1 aromatic carbocycles. The molecule has 0 fully saturated rings. The second-order valence-electron chi connectivity index (χ2n) is 3.61. The first-order valence-electron chi connectivity index (χ1n) is 5.04. The average molecular weight is 300 g/mol. The molecule has 1 atom stereocenters. The van der Waals surface area contributed by atoms with Gasteiger partial charge in [-0.2, -0.15) is 0 Å². The van der Waals surface area contributed by atoms with Gasteiger partial charge in [0.2, 0.25) is 5.91 Å². The van der Waals surface area contributed by atoms with Crippen molar-refractivity contribution in [3.05, 3.63) is 34.3 Å². The summed E-state index contributed by atoms with van der Waals surface area (Å²) in [6.07, 6.45) is 0. The van der Waals surface area contributed by atoms with E-state index in [-0.39, 0.29) is 5.91 Å². The highest BCUT2D eigenvalue weighted by molar-refractivity contribution is 9.10. The SMILES string of the molecule is COC(=O)[C@H](c1ccc(Br)cc1)N(C)C(C)=O. The minimum atomic E-state index is -0.703. The summed E-state index contributed by atoms with van der Waals surface area (Å²) in [5.74, 6) is -0.645. The number of hydrogen-bond donors (Lipinski definition) is 0. The molecule has 0 aromatic heterocycles. The van der Waals surface area contributed by atoms with Crippen LogP contribution >= 0.6 is 15.9 Å². The molecule has 5 heteroatoms. The quantitative estimate of drug-likeness (QED) is 0.804. The predicted octanol–water partition coefficient (Wildman–Crippen LogP) is 2.14. The monoisotopic (exact) mass is 299 g/mol. The zero-order valence-corrected chi connectivity index (χ0v) is 11.5. The van der Waals surface area contributed by atoms with Gasteiger partial charge in [-0.15, -0.1) is 0 Å². The maximum atomic E-state index is 11.7. The third-order valence-corrected chi connectivity index (χ3v) is 3.02. The third kappa shape index (κ3) is 3.30. The summed E-state index contributed by atoms with van der Waals surface area (Å²) in [6.45, 7) is 1.41. The van der Waals surface area contributed by atoms with E-state index in [4.69, 9.17) is 4.74 Å². The van der Waals surface area contributed by atoms with Gasteiger partial charge in [-0.05, 0) is 17.7 Å². The Kier molecular flexibility index (Phi) is 4.69. The first-order chi connectivity index (χ1) is 7.97. The number of carbonyl (C=O) groups excluding carboxylic acids is 2. The molecule has 0 aliphatic carbocycles. The third-order valence-electron chi connectivity index (χ3n) is 2.49. The van der Waals surface area contributed by atoms with E-state index in [1.807, 2.05) is 12.1 Å². The van der Waals surface area contributed by atoms with Crippen LogP contribution in [0.4, 0.5) is 0 Å². The number of methoxy groups -OCH3 is 1. The second-order valence-corrected chi connectivity index (χ2v) is 4.52. The van der Waals surface area contributed by atoms with Crippen molar-refractivity contribution in [3.8, 4) is 0 Å². The number of likely N-dealkylation sites (N-methyl/N-ethyl adjacent to an activating group) is 1. The molecule has 17 heavy (non-hydrogen) atoms. The Labute approximate surface area is 109 Å². The molecule has 92 valence electrons. The van der Waals surface area contributed by atoms with E-state index < -0.39 is 12.0 Å². The summed E-state index contributed by atoms with van der Waals surface area (Å²) >= 11 is 3.32. The van der Waals surface area contributed by atoms with Gasteiger partial charge in [-0.1, -0.05) is 28.1 Å². The summed E-state index contributed by atoms with van der Waals surface area (Å²) in [5, 5.41) is 0. The lowest BCUT2D eigenvalue weighted by atomic mass is 10.1. The van der Waals surface area contributed by atoms with E-state index in [0.29, 0.717) is 0 Å². The van der Waals surface area contributed by atoms with Crippen LogP contribution in [0.5, 0.6) is 0 Å². The number of esters is 1. The number of hydrogen-bond acceptors (Lipinski definition) is 3. The van der Waals surface area contributed by atoms with Crippen LogP contribution < -0.4 is 0 Å². The first-order valence-corrected chi connectivity index (χ1v) is 5.83. The zero-order valence-electron chi connectivity index (χ0n) is 9.94. The molecule has 0 aliphatic heterocycles. The van der Waals surface area contributed by atoms with Gasteiger partial charge in [0, 0.05) is 18.4 Å². The molecule has 0 saturated carbocycles. The van der Waals surface area contributed by atoms with Crippen molar-refractivity contribution in [1.82, 2.24) is 4.90 Å². The molecular formula is C12H14BrNO3. The number of amides is 1. The lowest BCUT2D eigenvalue weighted by Gasteiger charge is -2.25. The summed E-state index contributed by atoms with van der Waals surface area (Å²) < 4.78 is 5.64. The van der Waals surface area contributed by atoms with Crippen molar-refractivity contribution in [1.29, 1.82) is 0 Å². The van der Waals surface area contributed by atoms with Crippen molar-refractivity contribution in [3.63, 3.8) is 0 Å². The Morgan fingerprint density at radius 2 is 1.82 bits per heavy atom. The largest absolute Gasteiger partial charge is 0.467 e. The van der Waals surface area contributed by atoms with Gasteiger partial charge >= 0.3 is 5.97 Å². The highest BCUT2D eigenvalue weighted by atomic mass is 79.9. The maximum absolute atomic E-state index is 11.7. The van der Waals surface area contributed by atoms with Crippen LogP contribution in [-0.2, 0) is 14.3 Å². The van der Waals surface area contributed by atoms with Gasteiger partial charge in [-0.25, -0.2) is 4.79 Å². The van der Waals surface area contributed by atoms with Gasteiger partial charge in [-0.3, -0.25) is 4.79 Å². The molecule has 0 spiro atoms. The van der Waals surface area contributed by atoms with E-state index in [0.717, 1.165) is 10.0 Å². The van der Waals surface area contributed by atoms with Crippen molar-refractivity contribution >= 4 is 27.8 Å². The number of nitrogens with zero attached hydrogens (tertiary/aromatic N) is 1. The molecule has 0 radical (unpaired) electrons. The summed E-state index contributed by atoms with van der Waals surface area (Å²) in [4.78, 5) is 24.4. The fourth-order valence-electron chi connectivity index (χ4n) is 1.46. The molecule has 0 aliphatic rings. The van der Waals surface area contributed by atoms with Crippen molar-refractivity contribution in [2.45, 2.75) is 13.0 Å². The van der Waals surface area contributed by atoms with E-state index in [1.165, 1.54) is 18.9 Å². The maximum Gasteiger partial charge on any atom is 0.333 e. The van der Waals surface area contributed by atoms with Crippen LogP contribution in [0.2, 0.25) is 0 Å². The number of ether oxygens (including phenoxy) is 1. The summed E-state index contributed by atoms with van der Waals surface area (Å²) in [7, 11) is 2.88. The Morgan fingerprint density at radius 1 is 1.29 bits per heavy atom. The fraction of sp³-hybridized carbons (Fsp3) is 0.333. The number of benzene rings is 1. The number of rotatable bonds is 3. The molecule has 0 N–H and O–H groups in total. The lowest BCUT2D eigenvalue weighted by molar-refractivity contribution is -0.151. The van der Waals surface area contributed by atoms with Crippen LogP contribution in [0.3, 0.4) is 0 Å². The molecule has 1 amide bonds. The number of carbonyl (C=O) groups is 2. The zero-order chi connectivity index (χ0) is 13.0. The Balaban J connectivity index is 3.10. The molecule has 0 saturated heterocycles. The van der Waals surface area contributed by atoms with Gasteiger partial charge in [0.15, 0.2) is 6.04 Å². The molecule has 0 heterocycles. The van der Waals surface area contributed by atoms with Crippen LogP contribution in [0, 0.1) is 0 Å². The van der Waals surface area contributed by atoms with Gasteiger partial charge in [0.25, 0.3) is 0 Å². The van der Waals surface area contributed by atoms with Crippen LogP contribution in [0.1, 0.15) is 18.5 Å². The first kappa shape index (κ1) is 13.7. The molecule has 4 nitrogen and oxygen atoms in total. The molecule has 1 rings (SSSR count). The van der Waals surface area contributed by atoms with Gasteiger partial charge in [0.1, 0.15) is 0 Å². The summed E-state index contributed by atoms with van der Waals surface area (Å²) in [6, 6.07) is 6.50. The second kappa shape index (κ2) is 5.82. The Morgan fingerprint density at radius 3 is 2.24 bits per heavy atom. The van der Waals surface area contributed by atoms with Crippen LogP contribution in [-0.4, -0.2) is 30.9 Å². The smallest absolute Gasteiger partial charge is 0.333 e. The average Bonchev–Trinajstić information content (AvgIpc) is 2.31. The minimum Gasteiger partial charge on any atom is -0.467 e. The van der Waals surface area contributed by atoms with E-state index in [2.05, 4.69) is 15.9 Å². The van der Waals surface area contributed by atoms with E-state index in [1.54, 1.807) is 19.2 Å². The van der Waals surface area contributed by atoms with Gasteiger partial charge in [0.05, 0.1) is 7.11 Å². The van der Waals surface area contributed by atoms with Crippen molar-refractivity contribution < 1.29 is 14.3 Å². The molecule has 0 unspecified atom stereocenters. The predicted molar refractivity (Wildman–Crippen MR) is 67.3 cm³/mol. The lowest BCUT2D eigenvalue weighted by Crippen LogP contribution is -2.35. The standard InChI is InChI=1S/C12H14BrNO3/c1-8(15)14(2)11(12(16)17-3)9-4-6-10(13)7-5-9/h4-7,11H,1-3H3/t11-/m0/s1. The summed E-state index contributed by atoms with van der Waals surface area (Å²) in [5.41, 5.74) is 0.720. The van der Waals surface area contributed by atoms with Crippen molar-refractivity contribution in [2.75, 3.05) is 14.2 Å². The topological polar surface area (TPSA) is 46.6 Å².